The van der Waals surface area contributed by atoms with Crippen LogP contribution in [0.15, 0.2) is 60.7 Å². The summed E-state index contributed by atoms with van der Waals surface area (Å²) in [6.07, 6.45) is 1.22. The number of hydrogen-bond acceptors (Lipinski definition) is 7. The Bertz CT molecular complexity index is 1580. The van der Waals surface area contributed by atoms with Gasteiger partial charge in [-0.3, -0.25) is 14.4 Å². The highest BCUT2D eigenvalue weighted by Gasteiger charge is 2.37. The van der Waals surface area contributed by atoms with Crippen molar-refractivity contribution in [1.29, 1.82) is 0 Å². The summed E-state index contributed by atoms with van der Waals surface area (Å²) in [7, 11) is 1.55. The number of carbonyl (C=O) groups excluding carboxylic acids is 3. The minimum absolute atomic E-state index is 0.0409. The largest absolute Gasteiger partial charge is 0.496 e. The number of methoxy groups -OCH3 is 1. The molecule has 3 aliphatic rings. The van der Waals surface area contributed by atoms with Gasteiger partial charge in [0.1, 0.15) is 29.2 Å². The van der Waals surface area contributed by atoms with Gasteiger partial charge in [-0.2, -0.15) is 0 Å². The Morgan fingerprint density at radius 3 is 2.64 bits per heavy atom. The summed E-state index contributed by atoms with van der Waals surface area (Å²) in [6.45, 7) is 1.61. The number of benzene rings is 3. The molecule has 10 nitrogen and oxygen atoms in total. The van der Waals surface area contributed by atoms with Crippen molar-refractivity contribution in [2.24, 2.45) is 5.92 Å². The van der Waals surface area contributed by atoms with E-state index in [0.717, 1.165) is 5.56 Å². The van der Waals surface area contributed by atoms with Crippen LogP contribution in [0.1, 0.15) is 35.2 Å². The van der Waals surface area contributed by atoms with E-state index < -0.39 is 18.0 Å². The number of carbonyl (C=O) groups is 3. The summed E-state index contributed by atoms with van der Waals surface area (Å²) in [6, 6.07) is 16.0. The van der Waals surface area contributed by atoms with E-state index in [1.54, 1.807) is 54.5 Å². The average molecular weight is 618 g/mol. The Balaban J connectivity index is 1.34. The van der Waals surface area contributed by atoms with Gasteiger partial charge in [0.05, 0.1) is 13.2 Å². The Labute approximate surface area is 260 Å². The van der Waals surface area contributed by atoms with E-state index in [9.17, 15) is 18.8 Å². The molecule has 2 fully saturated rings. The maximum absolute atomic E-state index is 14.7. The van der Waals surface area contributed by atoms with Crippen LogP contribution in [0.25, 0.3) is 11.1 Å². The molecule has 45 heavy (non-hydrogen) atoms. The normalized spacial score (nSPS) is 21.0. The zero-order valence-electron chi connectivity index (χ0n) is 25.1. The van der Waals surface area contributed by atoms with Gasteiger partial charge in [-0.05, 0) is 66.4 Å². The van der Waals surface area contributed by atoms with E-state index >= 15 is 0 Å². The number of nitrogens with zero attached hydrogens (tertiary/aromatic N) is 1. The van der Waals surface area contributed by atoms with Crippen molar-refractivity contribution in [3.05, 3.63) is 77.6 Å². The SMILES string of the molecule is COc1ccc2cc1-c1cccc(c1)OCC(=O)NCc1cc(F)cc(c1)O[C@@H]1CCN(C(=O)C3CCOCC3)C[C@H]1NC2=O. The average Bonchev–Trinajstić information content (AvgIpc) is 3.06. The molecule has 3 aliphatic heterocycles. The van der Waals surface area contributed by atoms with Crippen molar-refractivity contribution in [1.82, 2.24) is 15.5 Å². The molecule has 11 heteroatoms. The first-order valence-electron chi connectivity index (χ1n) is 15.2. The molecule has 0 spiro atoms. The first-order valence-corrected chi connectivity index (χ1v) is 15.2. The number of ether oxygens (including phenoxy) is 4. The summed E-state index contributed by atoms with van der Waals surface area (Å²) in [4.78, 5) is 41.6. The van der Waals surface area contributed by atoms with Crippen LogP contribution in [0.3, 0.4) is 0 Å². The highest BCUT2D eigenvalue weighted by atomic mass is 19.1. The monoisotopic (exact) mass is 617 g/mol. The van der Waals surface area contributed by atoms with Gasteiger partial charge < -0.3 is 34.5 Å². The van der Waals surface area contributed by atoms with Crippen LogP contribution in [0.2, 0.25) is 0 Å². The molecule has 3 heterocycles. The summed E-state index contributed by atoms with van der Waals surface area (Å²) in [5.41, 5.74) is 2.29. The quantitative estimate of drug-likeness (QED) is 0.451. The van der Waals surface area contributed by atoms with E-state index in [-0.39, 0.29) is 49.1 Å². The van der Waals surface area contributed by atoms with Crippen LogP contribution in [-0.4, -0.2) is 74.8 Å². The van der Waals surface area contributed by atoms with Gasteiger partial charge in [-0.1, -0.05) is 12.1 Å². The molecule has 2 N–H and O–H groups in total. The van der Waals surface area contributed by atoms with E-state index in [1.165, 1.54) is 12.1 Å². The maximum Gasteiger partial charge on any atom is 0.258 e. The molecule has 2 saturated heterocycles. The summed E-state index contributed by atoms with van der Waals surface area (Å²) in [5, 5.41) is 5.86. The second-order valence-corrected chi connectivity index (χ2v) is 11.5. The molecule has 236 valence electrons. The lowest BCUT2D eigenvalue weighted by molar-refractivity contribution is -0.141. The minimum atomic E-state index is -0.578. The number of halogens is 1. The van der Waals surface area contributed by atoms with Gasteiger partial charge in [-0.15, -0.1) is 0 Å². The highest BCUT2D eigenvalue weighted by Crippen LogP contribution is 2.33. The topological polar surface area (TPSA) is 115 Å². The van der Waals surface area contributed by atoms with Gasteiger partial charge in [0.2, 0.25) is 5.91 Å². The fourth-order valence-corrected chi connectivity index (χ4v) is 6.06. The van der Waals surface area contributed by atoms with Crippen molar-refractivity contribution in [3.8, 4) is 28.4 Å². The zero-order chi connectivity index (χ0) is 31.3. The van der Waals surface area contributed by atoms with Gasteiger partial charge >= 0.3 is 0 Å². The summed E-state index contributed by atoms with van der Waals surface area (Å²) >= 11 is 0. The van der Waals surface area contributed by atoms with Gasteiger partial charge in [0.25, 0.3) is 11.8 Å². The Morgan fingerprint density at radius 2 is 1.82 bits per heavy atom. The van der Waals surface area contributed by atoms with Gasteiger partial charge in [-0.25, -0.2) is 4.39 Å². The molecule has 0 saturated carbocycles. The third-order valence-electron chi connectivity index (χ3n) is 8.43. The second kappa shape index (κ2) is 13.6. The third kappa shape index (κ3) is 7.20. The fraction of sp³-hybridized carbons (Fsp3) is 0.382. The van der Waals surface area contributed by atoms with Gasteiger partial charge in [0, 0.05) is 62.4 Å². The molecule has 0 aliphatic carbocycles. The van der Waals surface area contributed by atoms with Crippen molar-refractivity contribution in [2.45, 2.75) is 38.0 Å². The smallest absolute Gasteiger partial charge is 0.258 e. The standard InChI is InChI=1S/C34H36FN3O7/c1-42-30-6-5-24-16-28(30)23-3-2-4-26(15-23)44-20-32(39)36-18-21-13-25(35)17-27(14-21)45-31-7-10-38(19-29(31)37-33(24)40)34(41)22-8-11-43-12-9-22/h2-6,13-17,22,29,31H,7-12,18-20H2,1H3,(H,36,39)(H,37,40)/t29-,31-/m1/s1. The first kappa shape index (κ1) is 30.4. The third-order valence-corrected chi connectivity index (χ3v) is 8.43. The van der Waals surface area contributed by atoms with Crippen LogP contribution >= 0.6 is 0 Å². The molecular formula is C34H36FN3O7. The second-order valence-electron chi connectivity index (χ2n) is 11.5. The molecule has 3 aromatic carbocycles. The summed E-state index contributed by atoms with van der Waals surface area (Å²) in [5.74, 6) is -0.0454. The molecule has 6 bridgehead atoms. The van der Waals surface area contributed by atoms with Crippen molar-refractivity contribution >= 4 is 17.7 Å². The van der Waals surface area contributed by atoms with Crippen molar-refractivity contribution < 1.29 is 37.7 Å². The minimum Gasteiger partial charge on any atom is -0.496 e. The Hall–Kier alpha value is -4.64. The number of hydrogen-bond donors (Lipinski definition) is 2. The maximum atomic E-state index is 14.7. The van der Waals surface area contributed by atoms with Crippen LogP contribution in [0.4, 0.5) is 4.39 Å². The van der Waals surface area contributed by atoms with Crippen molar-refractivity contribution in [3.63, 3.8) is 0 Å². The predicted molar refractivity (Wildman–Crippen MR) is 163 cm³/mol. The molecule has 0 unspecified atom stereocenters. The molecule has 3 amide bonds. The van der Waals surface area contributed by atoms with E-state index in [2.05, 4.69) is 10.6 Å². The van der Waals surface area contributed by atoms with E-state index in [4.69, 9.17) is 18.9 Å². The lowest BCUT2D eigenvalue weighted by Crippen LogP contribution is -2.59. The highest BCUT2D eigenvalue weighted by molar-refractivity contribution is 5.96. The van der Waals surface area contributed by atoms with Crippen LogP contribution in [0, 0.1) is 11.7 Å². The zero-order valence-corrected chi connectivity index (χ0v) is 25.1. The number of piperidine rings is 1. The number of amides is 3. The van der Waals surface area contributed by atoms with Gasteiger partial charge in [0.15, 0.2) is 6.61 Å². The molecule has 6 rings (SSSR count). The molecule has 0 radical (unpaired) electrons. The lowest BCUT2D eigenvalue weighted by Gasteiger charge is -2.40. The number of nitrogens with one attached hydrogen (secondary N) is 2. The molecule has 3 aromatic rings. The van der Waals surface area contributed by atoms with E-state index in [1.807, 2.05) is 6.07 Å². The number of likely N-dealkylation sites (tertiary alicyclic amines) is 1. The van der Waals surface area contributed by atoms with Crippen molar-refractivity contribution in [2.75, 3.05) is 40.0 Å². The molecule has 2 atom stereocenters. The molecular weight excluding hydrogens is 581 g/mol. The Morgan fingerprint density at radius 1 is 0.978 bits per heavy atom. The fourth-order valence-electron chi connectivity index (χ4n) is 6.06. The molecule has 0 aromatic heterocycles. The summed E-state index contributed by atoms with van der Waals surface area (Å²) < 4.78 is 37.8. The van der Waals surface area contributed by atoms with Crippen LogP contribution < -0.4 is 24.8 Å². The number of rotatable bonds is 2. The number of fused-ring (bicyclic) bond motifs is 8. The van der Waals surface area contributed by atoms with E-state index in [0.29, 0.717) is 67.2 Å². The Kier molecular flexibility index (Phi) is 9.16. The van der Waals surface area contributed by atoms with Crippen LogP contribution in [0.5, 0.6) is 17.2 Å². The van der Waals surface area contributed by atoms with Crippen LogP contribution in [-0.2, 0) is 20.9 Å². The predicted octanol–water partition coefficient (Wildman–Crippen LogP) is 3.71. The lowest BCUT2D eigenvalue weighted by atomic mass is 9.95. The first-order chi connectivity index (χ1) is 21.9.